The van der Waals surface area contributed by atoms with Gasteiger partial charge < -0.3 is 36.4 Å². The number of likely N-dealkylation sites (tertiary alicyclic amines) is 1. The third-order valence-electron chi connectivity index (χ3n) is 8.34. The molecule has 0 aromatic carbocycles. The van der Waals surface area contributed by atoms with Crippen LogP contribution in [0, 0.1) is 29.6 Å². The van der Waals surface area contributed by atoms with Crippen LogP contribution in [0.2, 0.25) is 0 Å². The van der Waals surface area contributed by atoms with Crippen molar-refractivity contribution in [1.29, 1.82) is 0 Å². The number of carboxylic acids is 2. The Bertz CT molecular complexity index is 1080. The number of carboxylic acid groups (broad SMARTS) is 2. The summed E-state index contributed by atoms with van der Waals surface area (Å²) in [6.45, 7) is 15.8. The summed E-state index contributed by atoms with van der Waals surface area (Å²) in [5.74, 6) is -7.05. The summed E-state index contributed by atoms with van der Waals surface area (Å²) in [5.41, 5.74) is 0. The Hall–Kier alpha value is -3.71. The van der Waals surface area contributed by atoms with E-state index in [1.807, 2.05) is 34.6 Å². The molecule has 0 radical (unpaired) electrons. The van der Waals surface area contributed by atoms with Crippen LogP contribution in [0.3, 0.4) is 0 Å². The van der Waals surface area contributed by atoms with Crippen LogP contribution in [0.25, 0.3) is 0 Å². The van der Waals surface area contributed by atoms with E-state index in [9.17, 15) is 43.8 Å². The summed E-state index contributed by atoms with van der Waals surface area (Å²) in [4.78, 5) is 91.7. The number of hydrogen-bond donors (Lipinski definition) is 6. The van der Waals surface area contributed by atoms with Gasteiger partial charge in [-0.25, -0.2) is 4.79 Å². The highest BCUT2D eigenvalue weighted by molar-refractivity contribution is 5.98. The first kappa shape index (κ1) is 40.3. The molecule has 1 fully saturated rings. The molecule has 262 valence electrons. The zero-order valence-electron chi connectivity index (χ0n) is 28.6. The average molecular weight is 654 g/mol. The van der Waals surface area contributed by atoms with Gasteiger partial charge in [0.05, 0.1) is 12.8 Å². The number of rotatable bonds is 19. The monoisotopic (exact) mass is 653 g/mol. The number of amides is 5. The number of hydrogen-bond acceptors (Lipinski definition) is 7. The maximum atomic E-state index is 13.7. The lowest BCUT2D eigenvalue weighted by molar-refractivity contribution is -0.144. The molecule has 0 aromatic heterocycles. The quantitative estimate of drug-likeness (QED) is 0.119. The van der Waals surface area contributed by atoms with Crippen molar-refractivity contribution in [1.82, 2.24) is 26.2 Å². The van der Waals surface area contributed by atoms with E-state index < -0.39 is 72.6 Å². The molecule has 6 N–H and O–H groups in total. The first-order valence-corrected chi connectivity index (χ1v) is 16.3. The fraction of sp³-hybridized carbons (Fsp3) is 0.781. The zero-order chi connectivity index (χ0) is 35.3. The van der Waals surface area contributed by atoms with E-state index in [1.54, 1.807) is 25.7 Å². The molecule has 14 heteroatoms. The van der Waals surface area contributed by atoms with Gasteiger partial charge in [-0.05, 0) is 42.9 Å². The van der Waals surface area contributed by atoms with Gasteiger partial charge in [0.15, 0.2) is 0 Å². The normalized spacial score (nSPS) is 16.5. The first-order valence-electron chi connectivity index (χ1n) is 16.3. The number of nitrogens with one attached hydrogen (secondary N) is 4. The minimum atomic E-state index is -1.69. The van der Waals surface area contributed by atoms with Gasteiger partial charge in [-0.2, -0.15) is 0 Å². The highest BCUT2D eigenvalue weighted by Gasteiger charge is 2.37. The van der Waals surface area contributed by atoms with Gasteiger partial charge in [0.2, 0.25) is 29.5 Å². The number of carbonyl (C=O) groups excluding carboxylic acids is 5. The molecule has 46 heavy (non-hydrogen) atoms. The minimum absolute atomic E-state index is 0.00386. The second kappa shape index (κ2) is 19.1. The topological polar surface area (TPSA) is 211 Å². The van der Waals surface area contributed by atoms with Gasteiger partial charge in [-0.1, -0.05) is 61.8 Å². The standard InChI is InChI=1S/C32H55N5O9/c1-9-20(8)27(36-30(43)26(18(4)5)19(6)7)31(44)34-21(15-24(38)37-12-10-11-13-37)28(41)33-22(16-25(39)40)29(42)35-23(32(45)46)14-17(2)3/h17-23,26-27H,9-16H2,1-8H3,(H,33,41)(H,34,44)(H,35,42)(H,36,43)(H,39,40)(H,45,46)/t20?,21-,22-,23-,27-/m0/s1. The van der Waals surface area contributed by atoms with Gasteiger partial charge in [0, 0.05) is 19.0 Å². The van der Waals surface area contributed by atoms with Gasteiger partial charge in [0.25, 0.3) is 0 Å². The van der Waals surface area contributed by atoms with E-state index in [4.69, 9.17) is 0 Å². The van der Waals surface area contributed by atoms with Gasteiger partial charge in [0.1, 0.15) is 24.2 Å². The lowest BCUT2D eigenvalue weighted by atomic mass is 9.84. The molecular weight excluding hydrogens is 598 g/mol. The third kappa shape index (κ3) is 13.0. The van der Waals surface area contributed by atoms with Crippen LogP contribution < -0.4 is 21.3 Å². The molecule has 1 rings (SSSR count). The van der Waals surface area contributed by atoms with Crippen LogP contribution in [-0.2, 0) is 33.6 Å². The molecule has 0 aliphatic carbocycles. The molecule has 5 amide bonds. The molecule has 1 heterocycles. The van der Waals surface area contributed by atoms with Crippen LogP contribution >= 0.6 is 0 Å². The highest BCUT2D eigenvalue weighted by atomic mass is 16.4. The molecular formula is C32H55N5O9. The average Bonchev–Trinajstić information content (AvgIpc) is 3.48. The van der Waals surface area contributed by atoms with Crippen molar-refractivity contribution in [3.8, 4) is 0 Å². The van der Waals surface area contributed by atoms with E-state index in [2.05, 4.69) is 21.3 Å². The van der Waals surface area contributed by atoms with Crippen molar-refractivity contribution in [3.05, 3.63) is 0 Å². The first-order chi connectivity index (χ1) is 21.4. The molecule has 1 aliphatic heterocycles. The predicted molar refractivity (Wildman–Crippen MR) is 170 cm³/mol. The maximum absolute atomic E-state index is 13.7. The van der Waals surface area contributed by atoms with Crippen molar-refractivity contribution in [3.63, 3.8) is 0 Å². The Morgan fingerprint density at radius 2 is 1.13 bits per heavy atom. The molecule has 0 bridgehead atoms. The minimum Gasteiger partial charge on any atom is -0.481 e. The van der Waals surface area contributed by atoms with Gasteiger partial charge >= 0.3 is 11.9 Å². The van der Waals surface area contributed by atoms with Crippen LogP contribution in [0.15, 0.2) is 0 Å². The van der Waals surface area contributed by atoms with E-state index in [1.165, 1.54) is 0 Å². The van der Waals surface area contributed by atoms with Crippen LogP contribution in [-0.4, -0.2) is 93.8 Å². The molecule has 0 saturated carbocycles. The van der Waals surface area contributed by atoms with Crippen LogP contribution in [0.4, 0.5) is 0 Å². The van der Waals surface area contributed by atoms with Crippen molar-refractivity contribution < 1.29 is 43.8 Å². The van der Waals surface area contributed by atoms with E-state index in [0.717, 1.165) is 12.8 Å². The highest BCUT2D eigenvalue weighted by Crippen LogP contribution is 2.22. The summed E-state index contributed by atoms with van der Waals surface area (Å²) < 4.78 is 0. The summed E-state index contributed by atoms with van der Waals surface area (Å²) in [7, 11) is 0. The maximum Gasteiger partial charge on any atom is 0.326 e. The number of aliphatic carboxylic acids is 2. The summed E-state index contributed by atoms with van der Waals surface area (Å²) in [5, 5.41) is 29.0. The molecule has 14 nitrogen and oxygen atoms in total. The smallest absolute Gasteiger partial charge is 0.326 e. The Morgan fingerprint density at radius 3 is 1.57 bits per heavy atom. The van der Waals surface area contributed by atoms with Crippen LogP contribution in [0.5, 0.6) is 0 Å². The van der Waals surface area contributed by atoms with Crippen molar-refractivity contribution in [2.24, 2.45) is 29.6 Å². The van der Waals surface area contributed by atoms with E-state index in [-0.39, 0.29) is 41.9 Å². The second-order valence-corrected chi connectivity index (χ2v) is 13.4. The Kier molecular flexibility index (Phi) is 16.7. The van der Waals surface area contributed by atoms with E-state index >= 15 is 0 Å². The SMILES string of the molecule is CCC(C)[C@H](NC(=O)C(C(C)C)C(C)C)C(=O)N[C@@H](CC(=O)N1CCCC1)C(=O)N[C@@H](CC(=O)O)C(=O)N[C@@H](CC(C)C)C(=O)O. The molecule has 1 aliphatic rings. The molecule has 5 atom stereocenters. The van der Waals surface area contributed by atoms with Crippen LogP contribution in [0.1, 0.15) is 93.9 Å². The summed E-state index contributed by atoms with van der Waals surface area (Å²) in [6, 6.07) is -5.57. The number of carbonyl (C=O) groups is 7. The molecule has 0 spiro atoms. The Balaban J connectivity index is 3.35. The van der Waals surface area contributed by atoms with Gasteiger partial charge in [-0.15, -0.1) is 0 Å². The second-order valence-electron chi connectivity index (χ2n) is 13.4. The fourth-order valence-electron chi connectivity index (χ4n) is 5.69. The van der Waals surface area contributed by atoms with E-state index in [0.29, 0.717) is 19.5 Å². The zero-order valence-corrected chi connectivity index (χ0v) is 28.6. The third-order valence-corrected chi connectivity index (χ3v) is 8.34. The molecule has 0 aromatic rings. The Labute approximate surface area is 272 Å². The summed E-state index contributed by atoms with van der Waals surface area (Å²) in [6.07, 6.45) is 0.806. The summed E-state index contributed by atoms with van der Waals surface area (Å²) >= 11 is 0. The lowest BCUT2D eigenvalue weighted by Crippen LogP contribution is -2.60. The largest absolute Gasteiger partial charge is 0.481 e. The Morgan fingerprint density at radius 1 is 0.652 bits per heavy atom. The van der Waals surface area contributed by atoms with Crippen molar-refractivity contribution in [2.75, 3.05) is 13.1 Å². The lowest BCUT2D eigenvalue weighted by Gasteiger charge is -2.31. The van der Waals surface area contributed by atoms with Crippen molar-refractivity contribution >= 4 is 41.5 Å². The van der Waals surface area contributed by atoms with Gasteiger partial charge in [-0.3, -0.25) is 28.8 Å². The predicted octanol–water partition coefficient (Wildman–Crippen LogP) is 1.52. The molecule has 1 saturated heterocycles. The number of nitrogens with zero attached hydrogens (tertiary/aromatic N) is 1. The fourth-order valence-corrected chi connectivity index (χ4v) is 5.69. The van der Waals surface area contributed by atoms with Crippen molar-refractivity contribution in [2.45, 2.75) is 118 Å². The molecule has 1 unspecified atom stereocenters.